The first kappa shape index (κ1) is 16.8. The van der Waals surface area contributed by atoms with Crippen LogP contribution in [0.3, 0.4) is 0 Å². The maximum Gasteiger partial charge on any atom is 0.241 e. The molecule has 2 unspecified atom stereocenters. The molecule has 1 heterocycles. The summed E-state index contributed by atoms with van der Waals surface area (Å²) in [4.78, 5) is 14.9. The number of carbonyl (C=O) groups excluding carboxylic acids is 1. The Balaban J connectivity index is 2.03. The van der Waals surface area contributed by atoms with Crippen LogP contribution in [0.1, 0.15) is 53.4 Å². The van der Waals surface area contributed by atoms with Crippen LogP contribution in [-0.2, 0) is 9.53 Å². The minimum absolute atomic E-state index is 0.00984. The number of ether oxygens (including phenoxy) is 1. The fraction of sp³-hybridized carbons (Fsp3) is 0.941. The number of hydrogen-bond donors (Lipinski definition) is 1. The topological polar surface area (TPSA) is 41.6 Å². The number of hydrogen-bond acceptors (Lipinski definition) is 3. The van der Waals surface area contributed by atoms with Crippen molar-refractivity contribution in [2.24, 2.45) is 17.3 Å². The van der Waals surface area contributed by atoms with Gasteiger partial charge in [-0.05, 0) is 42.9 Å². The first-order valence-corrected chi connectivity index (χ1v) is 8.44. The van der Waals surface area contributed by atoms with E-state index < -0.39 is 0 Å². The highest BCUT2D eigenvalue weighted by molar-refractivity contribution is 5.84. The van der Waals surface area contributed by atoms with Gasteiger partial charge in [-0.1, -0.05) is 27.7 Å². The third-order valence-electron chi connectivity index (χ3n) is 4.93. The Hall–Kier alpha value is -0.610. The molecule has 1 aliphatic heterocycles. The van der Waals surface area contributed by atoms with E-state index in [2.05, 4.69) is 37.9 Å². The van der Waals surface area contributed by atoms with Crippen LogP contribution in [0.2, 0.25) is 0 Å². The molecule has 21 heavy (non-hydrogen) atoms. The van der Waals surface area contributed by atoms with Crippen LogP contribution in [0.15, 0.2) is 0 Å². The maximum absolute atomic E-state index is 12.8. The second kappa shape index (κ2) is 6.66. The van der Waals surface area contributed by atoms with E-state index in [1.165, 1.54) is 12.8 Å². The van der Waals surface area contributed by atoms with Crippen molar-refractivity contribution >= 4 is 5.91 Å². The van der Waals surface area contributed by atoms with Crippen LogP contribution < -0.4 is 5.32 Å². The number of nitrogens with one attached hydrogen (secondary N) is 1. The lowest BCUT2D eigenvalue weighted by Crippen LogP contribution is -2.44. The molecule has 1 amide bonds. The van der Waals surface area contributed by atoms with E-state index in [0.717, 1.165) is 26.0 Å². The van der Waals surface area contributed by atoms with E-state index in [0.29, 0.717) is 23.2 Å². The molecule has 4 nitrogen and oxygen atoms in total. The normalized spacial score (nSPS) is 28.0. The zero-order valence-corrected chi connectivity index (χ0v) is 14.3. The number of nitrogens with zero attached hydrogens (tertiary/aromatic N) is 1. The molecular formula is C17H32N2O2. The monoisotopic (exact) mass is 296 g/mol. The van der Waals surface area contributed by atoms with Gasteiger partial charge in [-0.25, -0.2) is 0 Å². The number of amides is 1. The van der Waals surface area contributed by atoms with Gasteiger partial charge in [0.15, 0.2) is 0 Å². The van der Waals surface area contributed by atoms with Crippen molar-refractivity contribution in [2.75, 3.05) is 20.3 Å². The molecule has 2 rings (SSSR count). The van der Waals surface area contributed by atoms with Crippen molar-refractivity contribution in [3.05, 3.63) is 0 Å². The molecule has 0 aromatic carbocycles. The van der Waals surface area contributed by atoms with Gasteiger partial charge in [0.25, 0.3) is 0 Å². The van der Waals surface area contributed by atoms with E-state index in [9.17, 15) is 4.79 Å². The molecule has 1 saturated heterocycles. The lowest BCUT2D eigenvalue weighted by molar-refractivity contribution is -0.131. The van der Waals surface area contributed by atoms with Crippen molar-refractivity contribution in [1.29, 1.82) is 0 Å². The molecule has 1 saturated carbocycles. The Morgan fingerprint density at radius 3 is 2.48 bits per heavy atom. The molecule has 122 valence electrons. The Labute approximate surface area is 129 Å². The highest BCUT2D eigenvalue weighted by Crippen LogP contribution is 2.50. The van der Waals surface area contributed by atoms with Gasteiger partial charge in [0.1, 0.15) is 0 Å². The largest absolute Gasteiger partial charge is 0.385 e. The molecule has 2 fully saturated rings. The summed E-state index contributed by atoms with van der Waals surface area (Å²) < 4.78 is 5.24. The lowest BCUT2D eigenvalue weighted by Gasteiger charge is -2.31. The summed E-state index contributed by atoms with van der Waals surface area (Å²) in [5.41, 5.74) is 0.327. The fourth-order valence-electron chi connectivity index (χ4n) is 3.42. The van der Waals surface area contributed by atoms with Gasteiger partial charge in [-0.3, -0.25) is 10.1 Å². The Kier molecular flexibility index (Phi) is 5.31. The van der Waals surface area contributed by atoms with Gasteiger partial charge >= 0.3 is 0 Å². The maximum atomic E-state index is 12.8. The van der Waals surface area contributed by atoms with Crippen LogP contribution in [0.25, 0.3) is 0 Å². The number of methoxy groups -OCH3 is 1. The van der Waals surface area contributed by atoms with Crippen LogP contribution in [0, 0.1) is 17.3 Å². The van der Waals surface area contributed by atoms with Crippen molar-refractivity contribution in [3.63, 3.8) is 0 Å². The van der Waals surface area contributed by atoms with E-state index >= 15 is 0 Å². The summed E-state index contributed by atoms with van der Waals surface area (Å²) in [5, 5.41) is 3.57. The standard InChI is InChI=1S/C17H32N2O2/c1-12(2)10-14-16(20)19(15(18-14)13(3)4)11-17(6-7-17)8-9-21-5/h12-15,18H,6-11H2,1-5H3. The van der Waals surface area contributed by atoms with Crippen LogP contribution in [0.4, 0.5) is 0 Å². The van der Waals surface area contributed by atoms with E-state index in [1.807, 2.05) is 0 Å². The molecule has 1 aliphatic carbocycles. The van der Waals surface area contributed by atoms with Crippen molar-refractivity contribution < 1.29 is 9.53 Å². The predicted molar refractivity (Wildman–Crippen MR) is 84.9 cm³/mol. The van der Waals surface area contributed by atoms with Gasteiger partial charge < -0.3 is 9.64 Å². The average Bonchev–Trinajstić information content (AvgIpc) is 3.11. The molecule has 0 spiro atoms. The fourth-order valence-corrected chi connectivity index (χ4v) is 3.42. The summed E-state index contributed by atoms with van der Waals surface area (Å²) >= 11 is 0. The highest BCUT2D eigenvalue weighted by Gasteiger charge is 2.49. The summed E-state index contributed by atoms with van der Waals surface area (Å²) in [6, 6.07) is 0.00984. The summed E-state index contributed by atoms with van der Waals surface area (Å²) in [5.74, 6) is 1.30. The van der Waals surface area contributed by atoms with Gasteiger partial charge in [0, 0.05) is 20.3 Å². The molecule has 1 N–H and O–H groups in total. The summed E-state index contributed by atoms with van der Waals surface area (Å²) in [6.45, 7) is 10.5. The Bertz CT molecular complexity index is 364. The van der Waals surface area contributed by atoms with Gasteiger partial charge in [0.2, 0.25) is 5.91 Å². The smallest absolute Gasteiger partial charge is 0.241 e. The van der Waals surface area contributed by atoms with Gasteiger partial charge in [-0.15, -0.1) is 0 Å². The van der Waals surface area contributed by atoms with Gasteiger partial charge in [-0.2, -0.15) is 0 Å². The first-order chi connectivity index (χ1) is 9.88. The minimum atomic E-state index is 0.00984. The second-order valence-corrected chi connectivity index (χ2v) is 7.75. The molecule has 2 atom stereocenters. The quantitative estimate of drug-likeness (QED) is 0.748. The van der Waals surface area contributed by atoms with Crippen molar-refractivity contribution in [1.82, 2.24) is 10.2 Å². The zero-order valence-electron chi connectivity index (χ0n) is 14.3. The van der Waals surface area contributed by atoms with Crippen LogP contribution in [-0.4, -0.2) is 43.3 Å². The number of rotatable bonds is 8. The van der Waals surface area contributed by atoms with E-state index in [-0.39, 0.29) is 12.2 Å². The SMILES string of the molecule is COCCC1(CN2C(=O)C(CC(C)C)NC2C(C)C)CC1. The molecule has 0 radical (unpaired) electrons. The van der Waals surface area contributed by atoms with Crippen molar-refractivity contribution in [3.8, 4) is 0 Å². The summed E-state index contributed by atoms with van der Waals surface area (Å²) in [7, 11) is 1.76. The Morgan fingerprint density at radius 1 is 1.33 bits per heavy atom. The zero-order chi connectivity index (χ0) is 15.6. The molecule has 4 heteroatoms. The molecule has 2 aliphatic rings. The van der Waals surface area contributed by atoms with E-state index in [1.54, 1.807) is 7.11 Å². The molecule has 0 aromatic rings. The highest BCUT2D eigenvalue weighted by atomic mass is 16.5. The van der Waals surface area contributed by atoms with Crippen molar-refractivity contribution in [2.45, 2.75) is 65.6 Å². The van der Waals surface area contributed by atoms with Crippen LogP contribution in [0.5, 0.6) is 0 Å². The van der Waals surface area contributed by atoms with Gasteiger partial charge in [0.05, 0.1) is 12.2 Å². The molecule has 0 bridgehead atoms. The van der Waals surface area contributed by atoms with E-state index in [4.69, 9.17) is 4.74 Å². The predicted octanol–water partition coefficient (Wildman–Crippen LogP) is 2.63. The third kappa shape index (κ3) is 3.98. The molecule has 0 aromatic heterocycles. The third-order valence-corrected chi connectivity index (χ3v) is 4.93. The summed E-state index contributed by atoms with van der Waals surface area (Å²) in [6.07, 6.45) is 4.68. The number of carbonyl (C=O) groups is 1. The molecular weight excluding hydrogens is 264 g/mol. The Morgan fingerprint density at radius 2 is 2.00 bits per heavy atom. The second-order valence-electron chi connectivity index (χ2n) is 7.75. The first-order valence-electron chi connectivity index (χ1n) is 8.44. The lowest BCUT2D eigenvalue weighted by atomic mass is 10.0. The average molecular weight is 296 g/mol. The minimum Gasteiger partial charge on any atom is -0.385 e. The van der Waals surface area contributed by atoms with Crippen LogP contribution >= 0.6 is 0 Å².